The van der Waals surface area contributed by atoms with Gasteiger partial charge in [-0.05, 0) is 84.4 Å². The fraction of sp³-hybridized carbons (Fsp3) is 0.100. The molecule has 0 unspecified atom stereocenters. The number of benzene rings is 4. The third-order valence-electron chi connectivity index (χ3n) is 6.02. The molecule has 1 N–H and O–H groups in total. The molecule has 37 heavy (non-hydrogen) atoms. The number of methoxy groups -OCH3 is 2. The SMILES string of the molecule is COc1ccc(-c2nc3ccc(C(=O)NCc4ccc(Cl)cc4)cc3nc2-c2ccc(OC)cc2)cc1. The number of aromatic nitrogens is 2. The minimum absolute atomic E-state index is 0.191. The molecule has 7 heteroatoms. The number of ether oxygens (including phenoxy) is 2. The van der Waals surface area contributed by atoms with E-state index in [1.807, 2.05) is 66.7 Å². The van der Waals surface area contributed by atoms with Gasteiger partial charge in [0.2, 0.25) is 0 Å². The van der Waals surface area contributed by atoms with E-state index in [2.05, 4.69) is 5.32 Å². The Morgan fingerprint density at radius 1 is 0.730 bits per heavy atom. The number of hydrogen-bond acceptors (Lipinski definition) is 5. The van der Waals surface area contributed by atoms with Crippen molar-refractivity contribution >= 4 is 28.5 Å². The van der Waals surface area contributed by atoms with Crippen molar-refractivity contribution in [1.82, 2.24) is 15.3 Å². The zero-order chi connectivity index (χ0) is 25.8. The highest BCUT2D eigenvalue weighted by Gasteiger charge is 2.15. The second-order valence-corrected chi connectivity index (χ2v) is 8.83. The molecule has 1 aromatic heterocycles. The molecule has 0 saturated heterocycles. The van der Waals surface area contributed by atoms with Gasteiger partial charge in [0.1, 0.15) is 11.5 Å². The molecule has 0 aliphatic heterocycles. The number of halogens is 1. The van der Waals surface area contributed by atoms with E-state index in [0.29, 0.717) is 33.9 Å². The average molecular weight is 510 g/mol. The molecule has 1 heterocycles. The summed E-state index contributed by atoms with van der Waals surface area (Å²) >= 11 is 5.95. The summed E-state index contributed by atoms with van der Waals surface area (Å²) < 4.78 is 10.6. The molecule has 0 bridgehead atoms. The Labute approximate surface area is 219 Å². The molecule has 5 rings (SSSR count). The van der Waals surface area contributed by atoms with Crippen LogP contribution in [-0.4, -0.2) is 30.1 Å². The molecule has 184 valence electrons. The highest BCUT2D eigenvalue weighted by atomic mass is 35.5. The molecule has 5 aromatic rings. The summed E-state index contributed by atoms with van der Waals surface area (Å²) in [6.45, 7) is 0.396. The van der Waals surface area contributed by atoms with Crippen molar-refractivity contribution < 1.29 is 14.3 Å². The van der Waals surface area contributed by atoms with Gasteiger partial charge in [-0.15, -0.1) is 0 Å². The Bertz CT molecular complexity index is 1550. The van der Waals surface area contributed by atoms with Crippen LogP contribution in [0.1, 0.15) is 15.9 Å². The summed E-state index contributed by atoms with van der Waals surface area (Å²) in [5.41, 5.74) is 6.03. The number of hydrogen-bond donors (Lipinski definition) is 1. The minimum Gasteiger partial charge on any atom is -0.497 e. The number of nitrogens with zero attached hydrogens (tertiary/aromatic N) is 2. The molecule has 0 atom stereocenters. The van der Waals surface area contributed by atoms with Gasteiger partial charge >= 0.3 is 0 Å². The average Bonchev–Trinajstić information content (AvgIpc) is 2.96. The van der Waals surface area contributed by atoms with Crippen LogP contribution in [0.25, 0.3) is 33.5 Å². The van der Waals surface area contributed by atoms with E-state index in [1.165, 1.54) is 0 Å². The van der Waals surface area contributed by atoms with Gasteiger partial charge in [-0.25, -0.2) is 9.97 Å². The smallest absolute Gasteiger partial charge is 0.251 e. The second kappa shape index (κ2) is 10.7. The molecular weight excluding hydrogens is 486 g/mol. The van der Waals surface area contributed by atoms with Crippen LogP contribution < -0.4 is 14.8 Å². The summed E-state index contributed by atoms with van der Waals surface area (Å²) in [5.74, 6) is 1.32. The number of fused-ring (bicyclic) bond motifs is 1. The third-order valence-corrected chi connectivity index (χ3v) is 6.27. The van der Waals surface area contributed by atoms with E-state index >= 15 is 0 Å². The predicted molar refractivity (Wildman–Crippen MR) is 146 cm³/mol. The normalized spacial score (nSPS) is 10.8. The lowest BCUT2D eigenvalue weighted by Gasteiger charge is -2.12. The van der Waals surface area contributed by atoms with Gasteiger partial charge < -0.3 is 14.8 Å². The van der Waals surface area contributed by atoms with E-state index in [1.54, 1.807) is 38.5 Å². The second-order valence-electron chi connectivity index (χ2n) is 8.39. The van der Waals surface area contributed by atoms with E-state index < -0.39 is 0 Å². The molecule has 4 aromatic carbocycles. The quantitative estimate of drug-likeness (QED) is 0.269. The highest BCUT2D eigenvalue weighted by Crippen LogP contribution is 2.33. The maximum atomic E-state index is 12.9. The summed E-state index contributed by atoms with van der Waals surface area (Å²) in [4.78, 5) is 22.8. The van der Waals surface area contributed by atoms with Crippen molar-refractivity contribution in [3.05, 3.63) is 107 Å². The number of rotatable bonds is 7. The van der Waals surface area contributed by atoms with Crippen LogP contribution in [0.3, 0.4) is 0 Å². The Morgan fingerprint density at radius 3 is 1.81 bits per heavy atom. The van der Waals surface area contributed by atoms with Gasteiger partial charge in [-0.3, -0.25) is 4.79 Å². The number of carbonyl (C=O) groups is 1. The van der Waals surface area contributed by atoms with Crippen LogP contribution in [0.4, 0.5) is 0 Å². The summed E-state index contributed by atoms with van der Waals surface area (Å²) in [5, 5.41) is 3.61. The van der Waals surface area contributed by atoms with Crippen molar-refractivity contribution in [2.45, 2.75) is 6.54 Å². The third kappa shape index (κ3) is 5.39. The van der Waals surface area contributed by atoms with Crippen molar-refractivity contribution in [3.63, 3.8) is 0 Å². The zero-order valence-corrected chi connectivity index (χ0v) is 21.1. The van der Waals surface area contributed by atoms with E-state index in [4.69, 9.17) is 31.0 Å². The van der Waals surface area contributed by atoms with Gasteiger partial charge in [0.05, 0.1) is 36.6 Å². The van der Waals surface area contributed by atoms with Crippen molar-refractivity contribution in [1.29, 1.82) is 0 Å². The first kappa shape index (κ1) is 24.3. The Kier molecular flexibility index (Phi) is 7.01. The van der Waals surface area contributed by atoms with Crippen LogP contribution in [0.2, 0.25) is 5.02 Å². The number of amides is 1. The lowest BCUT2D eigenvalue weighted by molar-refractivity contribution is 0.0951. The Balaban J connectivity index is 1.52. The van der Waals surface area contributed by atoms with E-state index in [0.717, 1.165) is 33.9 Å². The lowest BCUT2D eigenvalue weighted by Crippen LogP contribution is -2.22. The molecular formula is C30H24ClN3O3. The number of carbonyl (C=O) groups excluding carboxylic acids is 1. The monoisotopic (exact) mass is 509 g/mol. The largest absolute Gasteiger partial charge is 0.497 e. The van der Waals surface area contributed by atoms with Crippen LogP contribution in [0.5, 0.6) is 11.5 Å². The van der Waals surface area contributed by atoms with Crippen molar-refractivity contribution in [2.24, 2.45) is 0 Å². The molecule has 6 nitrogen and oxygen atoms in total. The topological polar surface area (TPSA) is 73.3 Å². The molecule has 0 saturated carbocycles. The van der Waals surface area contributed by atoms with Gasteiger partial charge in [-0.1, -0.05) is 23.7 Å². The van der Waals surface area contributed by atoms with Gasteiger partial charge in [0, 0.05) is 28.3 Å². The number of nitrogens with one attached hydrogen (secondary N) is 1. The minimum atomic E-state index is -0.191. The summed E-state index contributed by atoms with van der Waals surface area (Å²) in [6.07, 6.45) is 0. The maximum absolute atomic E-state index is 12.9. The zero-order valence-electron chi connectivity index (χ0n) is 20.4. The van der Waals surface area contributed by atoms with Gasteiger partial charge in [0.15, 0.2) is 0 Å². The summed E-state index contributed by atoms with van der Waals surface area (Å²) in [7, 11) is 3.27. The fourth-order valence-corrected chi connectivity index (χ4v) is 4.11. The Morgan fingerprint density at radius 2 is 1.27 bits per heavy atom. The van der Waals surface area contributed by atoms with Gasteiger partial charge in [-0.2, -0.15) is 0 Å². The van der Waals surface area contributed by atoms with Gasteiger partial charge in [0.25, 0.3) is 5.91 Å². The molecule has 0 spiro atoms. The van der Waals surface area contributed by atoms with Crippen molar-refractivity contribution in [2.75, 3.05) is 14.2 Å². The molecule has 0 aliphatic carbocycles. The predicted octanol–water partition coefficient (Wildman–Crippen LogP) is 6.56. The van der Waals surface area contributed by atoms with Crippen LogP contribution in [0.15, 0.2) is 91.0 Å². The van der Waals surface area contributed by atoms with Crippen molar-refractivity contribution in [3.8, 4) is 34.0 Å². The fourth-order valence-electron chi connectivity index (χ4n) is 3.98. The summed E-state index contributed by atoms with van der Waals surface area (Å²) in [6, 6.07) is 28.1. The molecule has 0 radical (unpaired) electrons. The first-order chi connectivity index (χ1) is 18.0. The van der Waals surface area contributed by atoms with E-state index in [9.17, 15) is 4.79 Å². The molecule has 0 aliphatic rings. The Hall–Kier alpha value is -4.42. The first-order valence-corrected chi connectivity index (χ1v) is 12.0. The van der Waals surface area contributed by atoms with Crippen LogP contribution >= 0.6 is 11.6 Å². The highest BCUT2D eigenvalue weighted by molar-refractivity contribution is 6.30. The maximum Gasteiger partial charge on any atom is 0.251 e. The van der Waals surface area contributed by atoms with Crippen LogP contribution in [0, 0.1) is 0 Å². The molecule has 0 fully saturated rings. The van der Waals surface area contributed by atoms with Crippen LogP contribution in [-0.2, 0) is 6.54 Å². The standard InChI is InChI=1S/C30H24ClN3O3/c1-36-24-12-5-20(6-13-24)28-29(21-7-14-25(37-2)15-8-21)34-27-17-22(9-16-26(27)33-28)30(35)32-18-19-3-10-23(31)11-4-19/h3-17H,18H2,1-2H3,(H,32,35). The van der Waals surface area contributed by atoms with E-state index in [-0.39, 0.29) is 5.91 Å². The first-order valence-electron chi connectivity index (χ1n) is 11.7. The lowest BCUT2D eigenvalue weighted by atomic mass is 10.0. The molecule has 1 amide bonds.